The van der Waals surface area contributed by atoms with Gasteiger partial charge in [0.1, 0.15) is 17.5 Å². The standard InChI is InChI=1S/C21H21N5O3/c1-13-22-19(25-16-10-8-15(9-11-16)24-14(2)27)12-20(23-13)26-18-7-5-4-6-17(18)21(28)29-3/h4-12H,1-3H3,(H,24,27)(H2,22,23,25,26). The molecular formula is C21H21N5O3. The Labute approximate surface area is 168 Å². The van der Waals surface area contributed by atoms with Crippen LogP contribution in [-0.4, -0.2) is 29.0 Å². The Morgan fingerprint density at radius 1 is 0.897 bits per heavy atom. The molecule has 148 valence electrons. The van der Waals surface area contributed by atoms with E-state index >= 15 is 0 Å². The molecule has 3 rings (SSSR count). The van der Waals surface area contributed by atoms with Gasteiger partial charge >= 0.3 is 5.97 Å². The van der Waals surface area contributed by atoms with Gasteiger partial charge in [-0.2, -0.15) is 0 Å². The van der Waals surface area contributed by atoms with E-state index in [1.165, 1.54) is 14.0 Å². The first-order chi connectivity index (χ1) is 13.9. The number of para-hydroxylation sites is 1. The van der Waals surface area contributed by atoms with E-state index in [0.29, 0.717) is 34.4 Å². The first-order valence-corrected chi connectivity index (χ1v) is 8.89. The zero-order chi connectivity index (χ0) is 20.8. The normalized spacial score (nSPS) is 10.2. The molecule has 2 aromatic carbocycles. The molecule has 0 bridgehead atoms. The van der Waals surface area contributed by atoms with Gasteiger partial charge in [-0.05, 0) is 43.3 Å². The largest absolute Gasteiger partial charge is 0.465 e. The summed E-state index contributed by atoms with van der Waals surface area (Å²) in [5, 5.41) is 9.07. The average Bonchev–Trinajstić information content (AvgIpc) is 2.68. The molecule has 1 amide bonds. The quantitative estimate of drug-likeness (QED) is 0.545. The fraction of sp³-hybridized carbons (Fsp3) is 0.143. The highest BCUT2D eigenvalue weighted by atomic mass is 16.5. The number of aryl methyl sites for hydroxylation is 1. The SMILES string of the molecule is COC(=O)c1ccccc1Nc1cc(Nc2ccc(NC(C)=O)cc2)nc(C)n1. The fourth-order valence-corrected chi connectivity index (χ4v) is 2.70. The Kier molecular flexibility index (Phi) is 6.03. The molecule has 0 aliphatic heterocycles. The second-order valence-electron chi connectivity index (χ2n) is 6.23. The third-order valence-electron chi connectivity index (χ3n) is 3.91. The zero-order valence-corrected chi connectivity index (χ0v) is 16.3. The van der Waals surface area contributed by atoms with E-state index in [1.54, 1.807) is 43.3 Å². The Hall–Kier alpha value is -3.94. The number of carbonyl (C=O) groups excluding carboxylic acids is 2. The minimum absolute atomic E-state index is 0.125. The van der Waals surface area contributed by atoms with Crippen LogP contribution in [0, 0.1) is 6.92 Å². The smallest absolute Gasteiger partial charge is 0.339 e. The number of esters is 1. The number of nitrogens with one attached hydrogen (secondary N) is 3. The van der Waals surface area contributed by atoms with Crippen molar-refractivity contribution in [3.63, 3.8) is 0 Å². The lowest BCUT2D eigenvalue weighted by atomic mass is 10.2. The number of benzene rings is 2. The van der Waals surface area contributed by atoms with Gasteiger partial charge in [0.25, 0.3) is 0 Å². The number of ether oxygens (including phenoxy) is 1. The molecule has 0 aliphatic rings. The van der Waals surface area contributed by atoms with Gasteiger partial charge in [0.05, 0.1) is 18.4 Å². The molecule has 8 nitrogen and oxygen atoms in total. The maximum Gasteiger partial charge on any atom is 0.339 e. The number of carbonyl (C=O) groups is 2. The lowest BCUT2D eigenvalue weighted by Crippen LogP contribution is -2.07. The van der Waals surface area contributed by atoms with Crippen LogP contribution in [0.1, 0.15) is 23.1 Å². The van der Waals surface area contributed by atoms with Crippen molar-refractivity contribution in [2.45, 2.75) is 13.8 Å². The van der Waals surface area contributed by atoms with Crippen LogP contribution in [0.4, 0.5) is 28.7 Å². The van der Waals surface area contributed by atoms with E-state index in [-0.39, 0.29) is 5.91 Å². The summed E-state index contributed by atoms with van der Waals surface area (Å²) in [7, 11) is 1.34. The molecule has 0 radical (unpaired) electrons. The van der Waals surface area contributed by atoms with E-state index in [2.05, 4.69) is 25.9 Å². The molecule has 29 heavy (non-hydrogen) atoms. The fourth-order valence-electron chi connectivity index (χ4n) is 2.70. The molecule has 1 heterocycles. The summed E-state index contributed by atoms with van der Waals surface area (Å²) in [6, 6.07) is 16.0. The topological polar surface area (TPSA) is 105 Å². The summed E-state index contributed by atoms with van der Waals surface area (Å²) in [5.41, 5.74) is 2.51. The molecule has 0 atom stereocenters. The van der Waals surface area contributed by atoms with Crippen molar-refractivity contribution >= 4 is 40.6 Å². The number of aromatic nitrogens is 2. The van der Waals surface area contributed by atoms with E-state index in [0.717, 1.165) is 5.69 Å². The predicted molar refractivity (Wildman–Crippen MR) is 112 cm³/mol. The number of anilines is 5. The monoisotopic (exact) mass is 391 g/mol. The molecular weight excluding hydrogens is 370 g/mol. The molecule has 3 N–H and O–H groups in total. The minimum atomic E-state index is -0.434. The number of nitrogens with zero attached hydrogens (tertiary/aromatic N) is 2. The van der Waals surface area contributed by atoms with Crippen molar-refractivity contribution in [2.24, 2.45) is 0 Å². The molecule has 0 aliphatic carbocycles. The van der Waals surface area contributed by atoms with Crippen LogP contribution in [0.5, 0.6) is 0 Å². The van der Waals surface area contributed by atoms with Crippen LogP contribution in [-0.2, 0) is 9.53 Å². The molecule has 0 saturated carbocycles. The van der Waals surface area contributed by atoms with Gasteiger partial charge in [-0.1, -0.05) is 12.1 Å². The molecule has 1 aromatic heterocycles. The summed E-state index contributed by atoms with van der Waals surface area (Å²) < 4.78 is 4.82. The van der Waals surface area contributed by atoms with Crippen LogP contribution >= 0.6 is 0 Å². The van der Waals surface area contributed by atoms with Gasteiger partial charge in [-0.3, -0.25) is 4.79 Å². The number of rotatable bonds is 6. The zero-order valence-electron chi connectivity index (χ0n) is 16.3. The second kappa shape index (κ2) is 8.83. The number of hydrogen-bond acceptors (Lipinski definition) is 7. The van der Waals surface area contributed by atoms with Crippen LogP contribution in [0.25, 0.3) is 0 Å². The van der Waals surface area contributed by atoms with Crippen molar-refractivity contribution < 1.29 is 14.3 Å². The van der Waals surface area contributed by atoms with Gasteiger partial charge in [0.15, 0.2) is 0 Å². The molecule has 0 spiro atoms. The summed E-state index contributed by atoms with van der Waals surface area (Å²) in [6.07, 6.45) is 0. The minimum Gasteiger partial charge on any atom is -0.465 e. The second-order valence-corrected chi connectivity index (χ2v) is 6.23. The van der Waals surface area contributed by atoms with Crippen molar-refractivity contribution in [3.8, 4) is 0 Å². The van der Waals surface area contributed by atoms with Crippen LogP contribution in [0.2, 0.25) is 0 Å². The van der Waals surface area contributed by atoms with Crippen molar-refractivity contribution in [1.82, 2.24) is 9.97 Å². The van der Waals surface area contributed by atoms with Gasteiger partial charge in [0.2, 0.25) is 5.91 Å². The Bertz CT molecular complexity index is 1030. The molecule has 3 aromatic rings. The first-order valence-electron chi connectivity index (χ1n) is 8.89. The molecule has 0 unspecified atom stereocenters. The van der Waals surface area contributed by atoms with E-state index < -0.39 is 5.97 Å². The van der Waals surface area contributed by atoms with Crippen molar-refractivity contribution in [3.05, 3.63) is 66.0 Å². The lowest BCUT2D eigenvalue weighted by molar-refractivity contribution is -0.114. The molecule has 0 fully saturated rings. The summed E-state index contributed by atoms with van der Waals surface area (Å²) in [5.74, 6) is 1.12. The van der Waals surface area contributed by atoms with E-state index in [4.69, 9.17) is 4.74 Å². The van der Waals surface area contributed by atoms with Crippen molar-refractivity contribution in [1.29, 1.82) is 0 Å². The third kappa shape index (κ3) is 5.29. The van der Waals surface area contributed by atoms with Gasteiger partial charge < -0.3 is 20.7 Å². The Balaban J connectivity index is 1.80. The van der Waals surface area contributed by atoms with E-state index in [1.807, 2.05) is 18.2 Å². The van der Waals surface area contributed by atoms with Gasteiger partial charge in [-0.15, -0.1) is 0 Å². The highest BCUT2D eigenvalue weighted by Crippen LogP contribution is 2.24. The van der Waals surface area contributed by atoms with Crippen molar-refractivity contribution in [2.75, 3.05) is 23.1 Å². The summed E-state index contributed by atoms with van der Waals surface area (Å²) in [4.78, 5) is 31.9. The summed E-state index contributed by atoms with van der Waals surface area (Å²) >= 11 is 0. The van der Waals surface area contributed by atoms with Gasteiger partial charge in [-0.25, -0.2) is 14.8 Å². The summed E-state index contributed by atoms with van der Waals surface area (Å²) in [6.45, 7) is 3.24. The van der Waals surface area contributed by atoms with Crippen LogP contribution < -0.4 is 16.0 Å². The highest BCUT2D eigenvalue weighted by molar-refractivity contribution is 5.96. The van der Waals surface area contributed by atoms with Crippen LogP contribution in [0.15, 0.2) is 54.6 Å². The molecule has 0 saturated heterocycles. The van der Waals surface area contributed by atoms with Gasteiger partial charge in [0, 0.05) is 24.4 Å². The Morgan fingerprint density at radius 3 is 2.17 bits per heavy atom. The number of methoxy groups -OCH3 is 1. The third-order valence-corrected chi connectivity index (χ3v) is 3.91. The maximum absolute atomic E-state index is 12.0. The number of amides is 1. The highest BCUT2D eigenvalue weighted by Gasteiger charge is 2.12. The number of hydrogen-bond donors (Lipinski definition) is 3. The van der Waals surface area contributed by atoms with Crippen LogP contribution in [0.3, 0.4) is 0 Å². The first kappa shape index (κ1) is 19.8. The average molecular weight is 391 g/mol. The maximum atomic E-state index is 12.0. The Morgan fingerprint density at radius 2 is 1.52 bits per heavy atom. The lowest BCUT2D eigenvalue weighted by Gasteiger charge is -2.12. The van der Waals surface area contributed by atoms with E-state index in [9.17, 15) is 9.59 Å². The molecule has 8 heteroatoms. The predicted octanol–water partition coefficient (Wildman–Crippen LogP) is 4.02.